The number of fused-ring (bicyclic) bond motifs is 3. The van der Waals surface area contributed by atoms with E-state index in [0.717, 1.165) is 17.4 Å². The lowest BCUT2D eigenvalue weighted by Gasteiger charge is -2.43. The predicted octanol–water partition coefficient (Wildman–Crippen LogP) is 3.44. The molecule has 0 saturated carbocycles. The van der Waals surface area contributed by atoms with Crippen LogP contribution in [0, 0.1) is 5.92 Å². The Kier molecular flexibility index (Phi) is 5.15. The van der Waals surface area contributed by atoms with Crippen molar-refractivity contribution in [1.29, 1.82) is 0 Å². The van der Waals surface area contributed by atoms with E-state index in [9.17, 15) is 14.4 Å². The lowest BCUT2D eigenvalue weighted by molar-refractivity contribution is 0.0522. The minimum absolute atomic E-state index is 0.0186. The van der Waals surface area contributed by atoms with Gasteiger partial charge in [0.05, 0.1) is 25.0 Å². The number of carbonyl (C=O) groups excluding carboxylic acids is 2. The van der Waals surface area contributed by atoms with Crippen LogP contribution in [0.25, 0.3) is 11.3 Å². The molecule has 1 aromatic heterocycles. The van der Waals surface area contributed by atoms with Gasteiger partial charge >= 0.3 is 5.97 Å². The molecule has 0 saturated heterocycles. The third-order valence-electron chi connectivity index (χ3n) is 5.75. The van der Waals surface area contributed by atoms with Crippen LogP contribution in [0.5, 0.6) is 5.75 Å². The number of rotatable bonds is 5. The van der Waals surface area contributed by atoms with Crippen LogP contribution in [0.2, 0.25) is 0 Å². The molecule has 28 heavy (non-hydrogen) atoms. The molecule has 0 aliphatic carbocycles. The van der Waals surface area contributed by atoms with Crippen LogP contribution in [0.3, 0.4) is 0 Å². The van der Waals surface area contributed by atoms with Crippen LogP contribution < -0.4 is 10.2 Å². The summed E-state index contributed by atoms with van der Waals surface area (Å²) in [6, 6.07) is 5.08. The van der Waals surface area contributed by atoms with Crippen LogP contribution in [0.4, 0.5) is 0 Å². The quantitative estimate of drug-likeness (QED) is 0.584. The van der Waals surface area contributed by atoms with E-state index in [1.54, 1.807) is 19.2 Å². The largest absolute Gasteiger partial charge is 0.496 e. The number of aldehydes is 1. The molecule has 0 radical (unpaired) electrons. The van der Waals surface area contributed by atoms with Crippen molar-refractivity contribution < 1.29 is 19.1 Å². The summed E-state index contributed by atoms with van der Waals surface area (Å²) >= 11 is 0. The van der Waals surface area contributed by atoms with Gasteiger partial charge in [0.25, 0.3) is 0 Å². The van der Waals surface area contributed by atoms with Crippen molar-refractivity contribution in [1.82, 2.24) is 4.57 Å². The van der Waals surface area contributed by atoms with Crippen molar-refractivity contribution in [2.75, 3.05) is 13.7 Å². The zero-order chi connectivity index (χ0) is 20.6. The van der Waals surface area contributed by atoms with E-state index in [1.165, 1.54) is 13.2 Å². The smallest absolute Gasteiger partial charge is 0.343 e. The van der Waals surface area contributed by atoms with Gasteiger partial charge < -0.3 is 14.0 Å². The Balaban J connectivity index is 2.33. The Morgan fingerprint density at radius 2 is 2.04 bits per heavy atom. The molecule has 1 aliphatic heterocycles. The number of hydrogen-bond acceptors (Lipinski definition) is 5. The van der Waals surface area contributed by atoms with Crippen LogP contribution in [-0.2, 0) is 16.7 Å². The number of benzene rings is 1. The Hall–Kier alpha value is -2.89. The molecular weight excluding hydrogens is 358 g/mol. The number of ether oxygens (including phenoxy) is 2. The highest BCUT2D eigenvalue weighted by Gasteiger charge is 2.38. The molecule has 0 fully saturated rings. The summed E-state index contributed by atoms with van der Waals surface area (Å²) < 4.78 is 12.4. The summed E-state index contributed by atoms with van der Waals surface area (Å²) in [6.07, 6.45) is 3.02. The van der Waals surface area contributed by atoms with Crippen LogP contribution in [0.15, 0.2) is 29.2 Å². The van der Waals surface area contributed by atoms with Gasteiger partial charge in [-0.15, -0.1) is 0 Å². The molecule has 0 amide bonds. The normalized spacial score (nSPS) is 17.6. The lowest BCUT2D eigenvalue weighted by atomic mass is 9.76. The number of carbonyl (C=O) groups is 2. The van der Waals surface area contributed by atoms with Crippen molar-refractivity contribution in [3.05, 3.63) is 51.3 Å². The molecule has 1 aromatic carbocycles. The zero-order valence-corrected chi connectivity index (χ0v) is 16.9. The Morgan fingerprint density at radius 3 is 2.61 bits per heavy atom. The number of pyridine rings is 1. The molecule has 2 heterocycles. The molecule has 2 aromatic rings. The standard InChI is InChI=1S/C22H25NO5/c1-6-28-21(26)17-11-23-18(9-19(17)25)16-7-15(12-24)20(27-5)8-14(16)10-22(23,4)13(2)3/h7-9,11-13H,6,10H2,1-5H3. The number of hydrogen-bond donors (Lipinski definition) is 0. The van der Waals surface area contributed by atoms with Gasteiger partial charge in [-0.25, -0.2) is 4.79 Å². The lowest BCUT2D eigenvalue weighted by Crippen LogP contribution is -2.42. The summed E-state index contributed by atoms with van der Waals surface area (Å²) in [5.74, 6) is 0.107. The van der Waals surface area contributed by atoms with Crippen molar-refractivity contribution in [2.45, 2.75) is 39.7 Å². The Labute approximate surface area is 164 Å². The summed E-state index contributed by atoms with van der Waals surface area (Å²) in [5, 5.41) is 0. The Morgan fingerprint density at radius 1 is 1.32 bits per heavy atom. The molecule has 3 rings (SSSR count). The predicted molar refractivity (Wildman–Crippen MR) is 106 cm³/mol. The van der Waals surface area contributed by atoms with Gasteiger partial charge in [0, 0.05) is 23.4 Å². The molecule has 6 nitrogen and oxygen atoms in total. The van der Waals surface area contributed by atoms with E-state index in [-0.39, 0.29) is 23.6 Å². The van der Waals surface area contributed by atoms with E-state index >= 15 is 0 Å². The molecule has 1 aliphatic rings. The summed E-state index contributed by atoms with van der Waals surface area (Å²) in [6.45, 7) is 8.22. The number of esters is 1. The fourth-order valence-electron chi connectivity index (χ4n) is 3.77. The van der Waals surface area contributed by atoms with Crippen molar-refractivity contribution in [2.24, 2.45) is 5.92 Å². The highest BCUT2D eigenvalue weighted by Crippen LogP contribution is 2.43. The van der Waals surface area contributed by atoms with E-state index in [1.807, 2.05) is 10.6 Å². The highest BCUT2D eigenvalue weighted by atomic mass is 16.5. The topological polar surface area (TPSA) is 74.6 Å². The van der Waals surface area contributed by atoms with E-state index in [0.29, 0.717) is 23.4 Å². The second-order valence-electron chi connectivity index (χ2n) is 7.58. The van der Waals surface area contributed by atoms with Gasteiger partial charge in [-0.3, -0.25) is 9.59 Å². The Bertz CT molecular complexity index is 1000. The molecule has 0 N–H and O–H groups in total. The van der Waals surface area contributed by atoms with Crippen LogP contribution in [-0.4, -0.2) is 30.5 Å². The summed E-state index contributed by atoms with van der Waals surface area (Å²) in [7, 11) is 1.53. The van der Waals surface area contributed by atoms with Gasteiger partial charge in [-0.2, -0.15) is 0 Å². The molecule has 1 atom stereocenters. The molecular formula is C22H25NO5. The van der Waals surface area contributed by atoms with Gasteiger partial charge in [-0.1, -0.05) is 13.8 Å². The van der Waals surface area contributed by atoms with Gasteiger partial charge in [0.15, 0.2) is 11.7 Å². The van der Waals surface area contributed by atoms with Gasteiger partial charge in [-0.05, 0) is 43.9 Å². The third-order valence-corrected chi connectivity index (χ3v) is 5.75. The van der Waals surface area contributed by atoms with E-state index in [4.69, 9.17) is 9.47 Å². The molecule has 0 bridgehead atoms. The molecule has 0 spiro atoms. The fourth-order valence-corrected chi connectivity index (χ4v) is 3.77. The average Bonchev–Trinajstić information content (AvgIpc) is 2.66. The molecule has 148 valence electrons. The second kappa shape index (κ2) is 7.26. The summed E-state index contributed by atoms with van der Waals surface area (Å²) in [4.78, 5) is 36.4. The maximum Gasteiger partial charge on any atom is 0.343 e. The summed E-state index contributed by atoms with van der Waals surface area (Å²) in [5.41, 5.74) is 2.15. The van der Waals surface area contributed by atoms with Gasteiger partial charge in [0.1, 0.15) is 11.3 Å². The average molecular weight is 383 g/mol. The highest BCUT2D eigenvalue weighted by molar-refractivity contribution is 5.90. The van der Waals surface area contributed by atoms with E-state index < -0.39 is 11.4 Å². The first kappa shape index (κ1) is 19.9. The number of nitrogens with zero attached hydrogens (tertiary/aromatic N) is 1. The molecule has 6 heteroatoms. The van der Waals surface area contributed by atoms with Gasteiger partial charge in [0.2, 0.25) is 0 Å². The fraction of sp³-hybridized carbons (Fsp3) is 0.409. The van der Waals surface area contributed by atoms with Crippen molar-refractivity contribution in [3.63, 3.8) is 0 Å². The first-order chi connectivity index (χ1) is 13.3. The van der Waals surface area contributed by atoms with Crippen LogP contribution in [0.1, 0.15) is 54.0 Å². The van der Waals surface area contributed by atoms with Crippen LogP contribution >= 0.6 is 0 Å². The molecule has 1 unspecified atom stereocenters. The first-order valence-electron chi connectivity index (χ1n) is 9.37. The first-order valence-corrected chi connectivity index (χ1v) is 9.37. The maximum absolute atomic E-state index is 12.7. The van der Waals surface area contributed by atoms with Crippen molar-refractivity contribution in [3.8, 4) is 17.0 Å². The third kappa shape index (κ3) is 3.03. The zero-order valence-electron chi connectivity index (χ0n) is 16.9. The minimum Gasteiger partial charge on any atom is -0.496 e. The number of methoxy groups -OCH3 is 1. The maximum atomic E-state index is 12.7. The number of aromatic nitrogens is 1. The van der Waals surface area contributed by atoms with E-state index in [2.05, 4.69) is 20.8 Å². The monoisotopic (exact) mass is 383 g/mol. The second-order valence-corrected chi connectivity index (χ2v) is 7.58. The minimum atomic E-state index is -0.622. The van der Waals surface area contributed by atoms with Crippen molar-refractivity contribution >= 4 is 12.3 Å². The SMILES string of the molecule is CCOC(=O)c1cn2c(cc1=O)-c1cc(C=O)c(OC)cc1CC2(C)C(C)C.